The lowest BCUT2D eigenvalue weighted by atomic mass is 9.86. The summed E-state index contributed by atoms with van der Waals surface area (Å²) < 4.78 is 15.9. The second-order valence-electron chi connectivity index (χ2n) is 19.2. The van der Waals surface area contributed by atoms with E-state index in [1.54, 1.807) is 22.7 Å². The van der Waals surface area contributed by atoms with E-state index in [1.807, 2.05) is 54.6 Å². The van der Waals surface area contributed by atoms with E-state index in [4.69, 9.17) is 4.42 Å². The van der Waals surface area contributed by atoms with Crippen LogP contribution in [-0.4, -0.2) is 9.13 Å². The van der Waals surface area contributed by atoms with Gasteiger partial charge in [0, 0.05) is 74.4 Å². The van der Waals surface area contributed by atoms with Crippen LogP contribution in [0.5, 0.6) is 0 Å². The van der Waals surface area contributed by atoms with Gasteiger partial charge in [-0.05, 0) is 58.7 Å². The molecule has 5 heterocycles. The molecule has 5 nitrogen and oxygen atoms in total. The Hall–Kier alpha value is -9.76. The molecule has 5 aromatic heterocycles. The van der Waals surface area contributed by atoms with Crippen molar-refractivity contribution in [2.24, 2.45) is 0 Å². The average Bonchev–Trinajstić information content (AvgIpc) is 4.31. The van der Waals surface area contributed by atoms with Crippen molar-refractivity contribution in [2.45, 2.75) is 0 Å². The van der Waals surface area contributed by atoms with Crippen molar-refractivity contribution in [3.8, 4) is 56.9 Å². The Bertz CT molecular complexity index is 5080. The molecular formula is C68H36N4OS2. The maximum absolute atomic E-state index is 12.2. The fraction of sp³-hybridized carbons (Fsp3) is 0. The predicted molar refractivity (Wildman–Crippen MR) is 314 cm³/mol. The molecule has 346 valence electrons. The summed E-state index contributed by atoms with van der Waals surface area (Å²) in [5, 5.41) is 35.5. The molecular weight excluding hydrogens is 953 g/mol. The van der Waals surface area contributed by atoms with E-state index >= 15 is 0 Å². The van der Waals surface area contributed by atoms with Gasteiger partial charge in [0.05, 0.1) is 54.0 Å². The number of nitriles is 2. The molecule has 0 amide bonds. The van der Waals surface area contributed by atoms with Gasteiger partial charge >= 0.3 is 0 Å². The molecule has 0 saturated carbocycles. The van der Waals surface area contributed by atoms with Crippen LogP contribution in [0.15, 0.2) is 223 Å². The molecule has 0 radical (unpaired) electrons. The standard InChI is InChI=1S/C68H36N4OS2/c69-37-52-60(39-16-3-1-4-17-39)53(38-70)64(72-65-47(32-34-49-45-21-9-13-28-58(45)74-67(49)65)48-33-35-50-46-22-10-14-29-59(46)75-68(50)66(48)72)61(40-18-5-2-6-19-40)63(52)71-54-25-11-7-20-43(54)44-31-30-41(36-55(44)71)42-24-15-27-57-62(42)51-23-8-12-26-56(51)73-57/h1-36H. The van der Waals surface area contributed by atoms with Gasteiger partial charge < -0.3 is 13.6 Å². The summed E-state index contributed by atoms with van der Waals surface area (Å²) in [6, 6.07) is 82.3. The fourth-order valence-corrected chi connectivity index (χ4v) is 14.8. The zero-order valence-corrected chi connectivity index (χ0v) is 41.4. The molecule has 7 heteroatoms. The van der Waals surface area contributed by atoms with Crippen LogP contribution >= 0.6 is 22.7 Å². The van der Waals surface area contributed by atoms with Gasteiger partial charge in [0.1, 0.15) is 23.3 Å². The van der Waals surface area contributed by atoms with E-state index in [0.717, 1.165) is 119 Å². The zero-order chi connectivity index (χ0) is 49.5. The Kier molecular flexibility index (Phi) is 8.85. The Morgan fingerprint density at radius 2 is 0.853 bits per heavy atom. The highest BCUT2D eigenvalue weighted by Crippen LogP contribution is 2.53. The largest absolute Gasteiger partial charge is 0.456 e. The van der Waals surface area contributed by atoms with E-state index in [0.29, 0.717) is 22.4 Å². The summed E-state index contributed by atoms with van der Waals surface area (Å²) in [7, 11) is 0. The average molecular weight is 989 g/mol. The number of fused-ring (bicyclic) bond motifs is 17. The van der Waals surface area contributed by atoms with Crippen molar-refractivity contribution >= 4 is 129 Å². The number of thiophene rings is 2. The minimum Gasteiger partial charge on any atom is -0.456 e. The Morgan fingerprint density at radius 1 is 0.360 bits per heavy atom. The molecule has 0 aliphatic heterocycles. The first-order valence-corrected chi connectivity index (χ1v) is 26.6. The molecule has 0 unspecified atom stereocenters. The van der Waals surface area contributed by atoms with Crippen LogP contribution in [-0.2, 0) is 0 Å². The quantitative estimate of drug-likeness (QED) is 0.172. The highest BCUT2D eigenvalue weighted by Gasteiger charge is 2.33. The van der Waals surface area contributed by atoms with Gasteiger partial charge in [0.25, 0.3) is 0 Å². The van der Waals surface area contributed by atoms with Crippen LogP contribution in [0.2, 0.25) is 0 Å². The lowest BCUT2D eigenvalue weighted by Crippen LogP contribution is -2.11. The van der Waals surface area contributed by atoms with Gasteiger partial charge in [0.15, 0.2) is 0 Å². The molecule has 0 N–H and O–H groups in total. The van der Waals surface area contributed by atoms with Gasteiger partial charge in [-0.15, -0.1) is 22.7 Å². The van der Waals surface area contributed by atoms with Crippen molar-refractivity contribution in [1.82, 2.24) is 9.13 Å². The van der Waals surface area contributed by atoms with Crippen molar-refractivity contribution < 1.29 is 4.42 Å². The highest BCUT2D eigenvalue weighted by atomic mass is 32.1. The van der Waals surface area contributed by atoms with Gasteiger partial charge in [-0.2, -0.15) is 10.5 Å². The molecule has 0 fully saturated rings. The van der Waals surface area contributed by atoms with Gasteiger partial charge in [0.2, 0.25) is 0 Å². The first-order chi connectivity index (χ1) is 37.2. The summed E-state index contributed by atoms with van der Waals surface area (Å²) >= 11 is 3.58. The van der Waals surface area contributed by atoms with E-state index < -0.39 is 0 Å². The number of benzene rings is 11. The number of para-hydroxylation sites is 2. The number of aromatic nitrogens is 2. The number of rotatable bonds is 5. The van der Waals surface area contributed by atoms with E-state index in [2.05, 4.69) is 185 Å². The molecule has 75 heavy (non-hydrogen) atoms. The Morgan fingerprint density at radius 3 is 1.49 bits per heavy atom. The summed E-state index contributed by atoms with van der Waals surface area (Å²) in [6.07, 6.45) is 0. The third-order valence-corrected chi connectivity index (χ3v) is 17.8. The van der Waals surface area contributed by atoms with Crippen LogP contribution in [0.25, 0.3) is 151 Å². The summed E-state index contributed by atoms with van der Waals surface area (Å²) in [4.78, 5) is 0. The van der Waals surface area contributed by atoms with Crippen LogP contribution in [0.1, 0.15) is 11.1 Å². The minimum atomic E-state index is 0.413. The fourth-order valence-electron chi connectivity index (χ4n) is 12.3. The molecule has 0 aliphatic carbocycles. The summed E-state index contributed by atoms with van der Waals surface area (Å²) in [5.74, 6) is 0. The summed E-state index contributed by atoms with van der Waals surface area (Å²) in [5.41, 5.74) is 13.0. The predicted octanol–water partition coefficient (Wildman–Crippen LogP) is 19.3. The van der Waals surface area contributed by atoms with Crippen molar-refractivity contribution in [3.63, 3.8) is 0 Å². The SMILES string of the molecule is N#Cc1c(-c2ccccc2)c(C#N)c(-n2c3c(ccc4c5ccccc5sc43)c3ccc4c5ccccc5sc4c32)c(-c2ccccc2)c1-n1c2ccccc2c2ccc(-c3cccc4oc5ccccc5c34)cc21. The number of nitrogens with zero attached hydrogens (tertiary/aromatic N) is 4. The van der Waals surface area contributed by atoms with Gasteiger partial charge in [-0.1, -0.05) is 182 Å². The van der Waals surface area contributed by atoms with Gasteiger partial charge in [-0.3, -0.25) is 0 Å². The molecule has 11 aromatic carbocycles. The monoisotopic (exact) mass is 988 g/mol. The normalized spacial score (nSPS) is 12.0. The van der Waals surface area contributed by atoms with Crippen LogP contribution in [0.3, 0.4) is 0 Å². The molecule has 0 atom stereocenters. The van der Waals surface area contributed by atoms with Crippen LogP contribution in [0.4, 0.5) is 0 Å². The Balaban J connectivity index is 1.16. The highest BCUT2D eigenvalue weighted by molar-refractivity contribution is 7.27. The Labute approximate surface area is 436 Å². The van der Waals surface area contributed by atoms with Crippen molar-refractivity contribution in [3.05, 3.63) is 230 Å². The maximum atomic E-state index is 12.2. The topological polar surface area (TPSA) is 70.6 Å². The smallest absolute Gasteiger partial charge is 0.136 e. The van der Waals surface area contributed by atoms with E-state index in [-0.39, 0.29) is 0 Å². The number of hydrogen-bond donors (Lipinski definition) is 0. The maximum Gasteiger partial charge on any atom is 0.136 e. The third-order valence-electron chi connectivity index (χ3n) is 15.4. The molecule has 16 rings (SSSR count). The van der Waals surface area contributed by atoms with Crippen LogP contribution in [0, 0.1) is 22.7 Å². The van der Waals surface area contributed by atoms with Crippen molar-refractivity contribution in [1.29, 1.82) is 10.5 Å². The molecule has 0 saturated heterocycles. The second-order valence-corrected chi connectivity index (χ2v) is 21.3. The first kappa shape index (κ1) is 41.8. The number of hydrogen-bond acceptors (Lipinski definition) is 5. The summed E-state index contributed by atoms with van der Waals surface area (Å²) in [6.45, 7) is 0. The van der Waals surface area contributed by atoms with Gasteiger partial charge in [-0.25, -0.2) is 0 Å². The number of furan rings is 1. The zero-order valence-electron chi connectivity index (χ0n) is 39.8. The molecule has 0 spiro atoms. The second kappa shape index (κ2) is 15.9. The van der Waals surface area contributed by atoms with E-state index in [1.165, 1.54) is 20.2 Å². The lowest BCUT2D eigenvalue weighted by Gasteiger charge is -2.25. The minimum absolute atomic E-state index is 0.413. The molecule has 0 aliphatic rings. The third kappa shape index (κ3) is 5.79. The molecule has 16 aromatic rings. The van der Waals surface area contributed by atoms with E-state index in [9.17, 15) is 10.5 Å². The van der Waals surface area contributed by atoms with Crippen molar-refractivity contribution in [2.75, 3.05) is 0 Å². The van der Waals surface area contributed by atoms with Crippen LogP contribution < -0.4 is 0 Å². The lowest BCUT2D eigenvalue weighted by molar-refractivity contribution is 0.669. The first-order valence-electron chi connectivity index (χ1n) is 24.9. The molecule has 0 bridgehead atoms.